The van der Waals surface area contributed by atoms with Crippen molar-refractivity contribution in [2.45, 2.75) is 32.1 Å². The second-order valence-corrected chi connectivity index (χ2v) is 5.05. The van der Waals surface area contributed by atoms with Gasteiger partial charge in [0.1, 0.15) is 5.01 Å². The Hall–Kier alpha value is -1.01. The first-order valence-corrected chi connectivity index (χ1v) is 6.49. The summed E-state index contributed by atoms with van der Waals surface area (Å²) in [6.07, 6.45) is 3.08. The first-order valence-electron chi connectivity index (χ1n) is 5.67. The monoisotopic (exact) mass is 238 g/mol. The molecule has 6 heteroatoms. The van der Waals surface area contributed by atoms with E-state index in [0.717, 1.165) is 48.3 Å². The molecule has 86 valence electrons. The summed E-state index contributed by atoms with van der Waals surface area (Å²) in [7, 11) is 0. The van der Waals surface area contributed by atoms with Gasteiger partial charge in [0.2, 0.25) is 4.96 Å². The smallest absolute Gasteiger partial charge is 0.234 e. The van der Waals surface area contributed by atoms with Gasteiger partial charge >= 0.3 is 0 Å². The molecule has 2 aromatic heterocycles. The third-order valence-corrected chi connectivity index (χ3v) is 3.88. The third-order valence-electron chi connectivity index (χ3n) is 2.82. The Labute approximate surface area is 97.4 Å². The zero-order valence-corrected chi connectivity index (χ0v) is 10.0. The number of nitrogens with zero attached hydrogens (tertiary/aromatic N) is 4. The van der Waals surface area contributed by atoms with Crippen LogP contribution in [0.2, 0.25) is 0 Å². The lowest BCUT2D eigenvalue weighted by Crippen LogP contribution is -2.00. The van der Waals surface area contributed by atoms with Gasteiger partial charge in [-0.05, 0) is 12.8 Å². The van der Waals surface area contributed by atoms with Crippen molar-refractivity contribution in [2.75, 3.05) is 13.2 Å². The van der Waals surface area contributed by atoms with Crippen molar-refractivity contribution >= 4 is 16.3 Å². The molecule has 0 aliphatic carbocycles. The molecule has 0 spiro atoms. The van der Waals surface area contributed by atoms with Crippen molar-refractivity contribution in [3.63, 3.8) is 0 Å². The highest BCUT2D eigenvalue weighted by molar-refractivity contribution is 7.16. The summed E-state index contributed by atoms with van der Waals surface area (Å²) >= 11 is 1.64. The number of hydrogen-bond donors (Lipinski definition) is 0. The normalized spacial score (nSPS) is 20.9. The lowest BCUT2D eigenvalue weighted by Gasteiger charge is -1.99. The first kappa shape index (κ1) is 10.2. The quantitative estimate of drug-likeness (QED) is 0.815. The molecule has 1 aliphatic heterocycles. The molecule has 3 heterocycles. The van der Waals surface area contributed by atoms with Crippen molar-refractivity contribution in [3.05, 3.63) is 10.8 Å². The van der Waals surface area contributed by atoms with Crippen molar-refractivity contribution in [3.8, 4) is 0 Å². The Bertz CT molecular complexity index is 486. The molecule has 1 saturated heterocycles. The van der Waals surface area contributed by atoms with Crippen molar-refractivity contribution < 1.29 is 4.74 Å². The molecule has 0 radical (unpaired) electrons. The number of aryl methyl sites for hydroxylation is 1. The Morgan fingerprint density at radius 1 is 1.50 bits per heavy atom. The zero-order chi connectivity index (χ0) is 11.0. The van der Waals surface area contributed by atoms with Gasteiger partial charge in [0.05, 0.1) is 6.61 Å². The molecule has 16 heavy (non-hydrogen) atoms. The van der Waals surface area contributed by atoms with Crippen LogP contribution in [0.1, 0.15) is 36.5 Å². The van der Waals surface area contributed by atoms with Gasteiger partial charge < -0.3 is 4.74 Å². The van der Waals surface area contributed by atoms with E-state index >= 15 is 0 Å². The largest absolute Gasteiger partial charge is 0.381 e. The minimum Gasteiger partial charge on any atom is -0.381 e. The van der Waals surface area contributed by atoms with Crippen molar-refractivity contribution in [1.82, 2.24) is 19.8 Å². The lowest BCUT2D eigenvalue weighted by molar-refractivity contribution is 0.193. The van der Waals surface area contributed by atoms with Crippen LogP contribution in [0.25, 0.3) is 4.96 Å². The topological polar surface area (TPSA) is 52.3 Å². The predicted molar refractivity (Wildman–Crippen MR) is 60.8 cm³/mol. The van der Waals surface area contributed by atoms with Gasteiger partial charge in [0.15, 0.2) is 5.82 Å². The van der Waals surface area contributed by atoms with E-state index in [1.165, 1.54) is 0 Å². The van der Waals surface area contributed by atoms with Gasteiger partial charge in [-0.2, -0.15) is 9.61 Å². The van der Waals surface area contributed by atoms with Gasteiger partial charge in [-0.1, -0.05) is 18.3 Å². The lowest BCUT2D eigenvalue weighted by atomic mass is 10.1. The second-order valence-electron chi connectivity index (χ2n) is 4.06. The molecule has 2 aromatic rings. The summed E-state index contributed by atoms with van der Waals surface area (Å²) in [5.74, 6) is 1.43. The number of rotatable bonds is 3. The number of aromatic nitrogens is 4. The van der Waals surface area contributed by atoms with Crippen LogP contribution in [-0.4, -0.2) is 33.0 Å². The highest BCUT2D eigenvalue weighted by Crippen LogP contribution is 2.28. The van der Waals surface area contributed by atoms with E-state index in [1.807, 2.05) is 4.52 Å². The molecule has 3 rings (SSSR count). The summed E-state index contributed by atoms with van der Waals surface area (Å²) < 4.78 is 7.27. The molecular formula is C10H14N4OS. The van der Waals surface area contributed by atoms with Crippen molar-refractivity contribution in [2.24, 2.45) is 0 Å². The maximum Gasteiger partial charge on any atom is 0.234 e. The van der Waals surface area contributed by atoms with E-state index in [9.17, 15) is 0 Å². The van der Waals surface area contributed by atoms with Crippen LogP contribution < -0.4 is 0 Å². The molecule has 0 saturated carbocycles. The van der Waals surface area contributed by atoms with E-state index < -0.39 is 0 Å². The number of hydrogen-bond acceptors (Lipinski definition) is 5. The summed E-state index contributed by atoms with van der Waals surface area (Å²) in [5, 5.41) is 14.0. The van der Waals surface area contributed by atoms with Crippen LogP contribution in [0.5, 0.6) is 0 Å². The van der Waals surface area contributed by atoms with E-state index in [-0.39, 0.29) is 0 Å². The van der Waals surface area contributed by atoms with Crippen LogP contribution in [0.4, 0.5) is 0 Å². The maximum absolute atomic E-state index is 5.38. The molecule has 0 aromatic carbocycles. The molecule has 0 N–H and O–H groups in total. The minimum absolute atomic E-state index is 0.459. The fourth-order valence-corrected chi connectivity index (χ4v) is 2.92. The molecular weight excluding hydrogens is 224 g/mol. The number of fused-ring (bicyclic) bond motifs is 1. The SMILES string of the molecule is CCCc1nnc2sc([C@H]3CCOC3)nn12. The molecule has 5 nitrogen and oxygen atoms in total. The number of ether oxygens (including phenoxy) is 1. The highest BCUT2D eigenvalue weighted by atomic mass is 32.1. The predicted octanol–water partition coefficient (Wildman–Crippen LogP) is 1.64. The van der Waals surface area contributed by atoms with Gasteiger partial charge in [-0.3, -0.25) is 0 Å². The van der Waals surface area contributed by atoms with Gasteiger partial charge in [-0.25, -0.2) is 0 Å². The standard InChI is InChI=1S/C10H14N4OS/c1-2-3-8-11-12-10-14(8)13-9(16-10)7-4-5-15-6-7/h7H,2-6H2,1H3/t7-/m0/s1. The van der Waals surface area contributed by atoms with E-state index in [0.29, 0.717) is 5.92 Å². The zero-order valence-electron chi connectivity index (χ0n) is 9.22. The van der Waals surface area contributed by atoms with E-state index in [4.69, 9.17) is 4.74 Å². The van der Waals surface area contributed by atoms with Gasteiger partial charge in [0.25, 0.3) is 0 Å². The van der Waals surface area contributed by atoms with Gasteiger partial charge in [-0.15, -0.1) is 10.2 Å². The average molecular weight is 238 g/mol. The Kier molecular flexibility index (Phi) is 2.61. The average Bonchev–Trinajstić information content (AvgIpc) is 2.93. The van der Waals surface area contributed by atoms with Crippen molar-refractivity contribution in [1.29, 1.82) is 0 Å². The van der Waals surface area contributed by atoms with Crippen LogP contribution in [0.15, 0.2) is 0 Å². The van der Waals surface area contributed by atoms with Crippen LogP contribution in [0, 0.1) is 0 Å². The highest BCUT2D eigenvalue weighted by Gasteiger charge is 2.23. The van der Waals surface area contributed by atoms with Gasteiger partial charge in [0, 0.05) is 18.9 Å². The van der Waals surface area contributed by atoms with Crippen LogP contribution in [0.3, 0.4) is 0 Å². The summed E-state index contributed by atoms with van der Waals surface area (Å²) in [6, 6.07) is 0. The molecule has 0 unspecified atom stereocenters. The summed E-state index contributed by atoms with van der Waals surface area (Å²) in [5.41, 5.74) is 0. The first-order chi connectivity index (χ1) is 7.88. The summed E-state index contributed by atoms with van der Waals surface area (Å²) in [6.45, 7) is 3.79. The fraction of sp³-hybridized carbons (Fsp3) is 0.700. The Balaban J connectivity index is 1.95. The molecule has 0 bridgehead atoms. The minimum atomic E-state index is 0.459. The summed E-state index contributed by atoms with van der Waals surface area (Å²) in [4.78, 5) is 0.908. The van der Waals surface area contributed by atoms with Crippen LogP contribution in [-0.2, 0) is 11.2 Å². The molecule has 1 atom stereocenters. The maximum atomic E-state index is 5.38. The molecule has 1 aliphatic rings. The van der Waals surface area contributed by atoms with E-state index in [1.54, 1.807) is 11.3 Å². The fourth-order valence-electron chi connectivity index (χ4n) is 1.95. The second kappa shape index (κ2) is 4.10. The Morgan fingerprint density at radius 3 is 3.19 bits per heavy atom. The molecule has 1 fully saturated rings. The third kappa shape index (κ3) is 1.62. The van der Waals surface area contributed by atoms with E-state index in [2.05, 4.69) is 22.2 Å². The Morgan fingerprint density at radius 2 is 2.44 bits per heavy atom. The van der Waals surface area contributed by atoms with Crippen LogP contribution >= 0.6 is 11.3 Å². The molecule has 0 amide bonds.